The Balaban J connectivity index is 1.89. The molecule has 0 atom stereocenters. The third-order valence-corrected chi connectivity index (χ3v) is 23.5. The molecule has 0 aromatic heterocycles. The summed E-state index contributed by atoms with van der Waals surface area (Å²) in [5, 5.41) is 125. The summed E-state index contributed by atoms with van der Waals surface area (Å²) in [6, 6.07) is 23.9. The van der Waals surface area contributed by atoms with Crippen LogP contribution in [0.4, 0.5) is 0 Å². The second kappa shape index (κ2) is 49.6. The zero-order valence-corrected chi connectivity index (χ0v) is 81.3. The van der Waals surface area contributed by atoms with Gasteiger partial charge in [-0.1, -0.05) is 197 Å². The molecule has 0 saturated heterocycles. The molecule has 0 unspecified atom stereocenters. The van der Waals surface area contributed by atoms with Crippen LogP contribution in [0.2, 0.25) is 0 Å². The van der Waals surface area contributed by atoms with Crippen LogP contribution in [0.5, 0.6) is 34.5 Å². The van der Waals surface area contributed by atoms with E-state index in [1.807, 2.05) is 197 Å². The van der Waals surface area contributed by atoms with Crippen molar-refractivity contribution in [3.05, 3.63) is 173 Å². The summed E-state index contributed by atoms with van der Waals surface area (Å²) in [6.45, 7) is 25.9. The van der Waals surface area contributed by atoms with E-state index < -0.39 is 187 Å². The van der Waals surface area contributed by atoms with E-state index in [1.165, 1.54) is 29.4 Å². The highest BCUT2D eigenvalue weighted by atomic mass is 16.5. The van der Waals surface area contributed by atoms with Gasteiger partial charge in [-0.3, -0.25) is 28.8 Å². The van der Waals surface area contributed by atoms with Gasteiger partial charge in [0.1, 0.15) is 34.5 Å². The number of aliphatic hydroxyl groups is 12. The Morgan fingerprint density at radius 3 is 0.364 bits per heavy atom. The molecule has 0 spiro atoms. The summed E-state index contributed by atoms with van der Waals surface area (Å²) in [7, 11) is 0. The maximum Gasteiger partial charge on any atom is 0.260 e. The highest BCUT2D eigenvalue weighted by Crippen LogP contribution is 2.47. The van der Waals surface area contributed by atoms with Crippen molar-refractivity contribution in [2.45, 2.75) is 196 Å². The van der Waals surface area contributed by atoms with Gasteiger partial charge < -0.3 is 119 Å². The number of hydrogen-bond acceptors (Lipinski definition) is 24. The summed E-state index contributed by atoms with van der Waals surface area (Å²) < 4.78 is 42.9. The predicted octanol–water partition coefficient (Wildman–Crippen LogP) is 6.48. The van der Waals surface area contributed by atoms with Crippen LogP contribution < -0.4 is 28.4 Å². The second-order valence-electron chi connectivity index (χ2n) is 40.0. The van der Waals surface area contributed by atoms with Crippen LogP contribution in [0.3, 0.4) is 0 Å². The molecule has 12 N–H and O–H groups in total. The van der Waals surface area contributed by atoms with Crippen molar-refractivity contribution < 1.29 is 118 Å². The van der Waals surface area contributed by atoms with Crippen molar-refractivity contribution >= 4 is 35.4 Å². The summed E-state index contributed by atoms with van der Waals surface area (Å²) in [6.07, 6.45) is -0.457. The lowest BCUT2D eigenvalue weighted by Crippen LogP contribution is -2.39. The van der Waals surface area contributed by atoms with Crippen molar-refractivity contribution in [2.24, 2.45) is 0 Å². The van der Waals surface area contributed by atoms with Gasteiger partial charge in [-0.05, 0) is 133 Å². The van der Waals surface area contributed by atoms with Gasteiger partial charge in [-0.25, -0.2) is 0 Å². The Morgan fingerprint density at radius 2 is 0.288 bits per heavy atom. The average molecular weight is 1840 g/mol. The fraction of sp³-hybridized carbons (Fsp3) is 0.588. The number of nitrogens with zero attached hydrogens (tertiary/aromatic N) is 6. The molecule has 7 rings (SSSR count). The summed E-state index contributed by atoms with van der Waals surface area (Å²) >= 11 is 0. The van der Waals surface area contributed by atoms with Crippen molar-refractivity contribution in [1.29, 1.82) is 0 Å². The molecule has 0 saturated carbocycles. The van der Waals surface area contributed by atoms with E-state index >= 15 is 0 Å². The lowest BCUT2D eigenvalue weighted by Gasteiger charge is -2.30. The Morgan fingerprint density at radius 1 is 0.197 bits per heavy atom. The molecule has 6 amide bonds. The first-order chi connectivity index (χ1) is 62.2. The van der Waals surface area contributed by atoms with E-state index in [1.54, 1.807) is 0 Å². The monoisotopic (exact) mass is 1840 g/mol. The summed E-state index contributed by atoms with van der Waals surface area (Å²) in [5.74, 6) is -2.27. The average Bonchev–Trinajstić information content (AvgIpc) is 0.761. The first-order valence-electron chi connectivity index (χ1n) is 45.9. The topological polar surface area (TPSA) is 420 Å². The number of fused-ring (bicyclic) bond motifs is 12. The minimum atomic E-state index is -0.679. The second-order valence-corrected chi connectivity index (χ2v) is 40.0. The molecule has 0 aliphatic heterocycles. The van der Waals surface area contributed by atoms with E-state index in [4.69, 9.17) is 28.4 Å². The number of carbonyl (C=O) groups excluding carboxylic acids is 6. The Labute approximate surface area is 780 Å². The molecular weight excluding hydrogens is 1690 g/mol. The fourth-order valence-electron chi connectivity index (χ4n) is 16.0. The maximum atomic E-state index is 14.9. The quantitative estimate of drug-likeness (QED) is 0.0195. The van der Waals surface area contributed by atoms with E-state index in [0.717, 1.165) is 33.4 Å². The molecule has 6 aromatic rings. The van der Waals surface area contributed by atoms with Gasteiger partial charge in [-0.15, -0.1) is 0 Å². The zero-order valence-electron chi connectivity index (χ0n) is 81.3. The molecule has 30 nitrogen and oxygen atoms in total. The van der Waals surface area contributed by atoms with Crippen LogP contribution in [0.15, 0.2) is 72.8 Å². The number of amides is 6. The van der Waals surface area contributed by atoms with E-state index in [9.17, 15) is 90.0 Å². The van der Waals surface area contributed by atoms with Crippen LogP contribution >= 0.6 is 0 Å². The summed E-state index contributed by atoms with van der Waals surface area (Å²) in [5.41, 5.74) is 6.60. The van der Waals surface area contributed by atoms with Gasteiger partial charge in [0, 0.05) is 117 Å². The molecule has 1 aliphatic carbocycles. The molecule has 0 radical (unpaired) electrons. The number of benzene rings is 6. The number of aliphatic hydroxyl groups excluding tert-OH is 12. The number of hydrogen-bond donors (Lipinski definition) is 12. The molecule has 0 fully saturated rings. The lowest BCUT2D eigenvalue weighted by molar-refractivity contribution is -0.135. The molecule has 0 heterocycles. The third kappa shape index (κ3) is 30.7. The van der Waals surface area contributed by atoms with Crippen LogP contribution in [-0.2, 0) is 99.8 Å². The molecular formula is C102H150N6O24. The van der Waals surface area contributed by atoms with Gasteiger partial charge in [-0.2, -0.15) is 0 Å². The Kier molecular flexibility index (Phi) is 41.2. The molecule has 30 heteroatoms. The largest absolute Gasteiger partial charge is 0.483 e. The van der Waals surface area contributed by atoms with Gasteiger partial charge in [0.25, 0.3) is 35.4 Å². The number of ether oxygens (including phenoxy) is 6. The highest BCUT2D eigenvalue weighted by Gasteiger charge is 2.35. The fourth-order valence-corrected chi connectivity index (χ4v) is 16.0. The van der Waals surface area contributed by atoms with Crippen LogP contribution in [0.25, 0.3) is 0 Å². The SMILES string of the molecule is CC(C)(C)c1cc2c(OCC(=O)N(CCO)CCO)c(c1)Cc1cc(C(C)(C)C)cc(c1OCC(=O)N(CCO)CCO)Cc1cc(C(C)(C)C)cc(c1OCC(=O)N(CCO)CCO)Cc1cc(C(C)(C)C)cc(c1OCC(=O)N(CCO)CCO)Cc1cc(C(C)(C)C)cc(c1OCC(=O)N(CCO)CCO)Cc1cc(C(C)(C)C)cc(c1OCC(=O)N(CCO)CCO)C2. The van der Waals surface area contributed by atoms with Crippen molar-refractivity contribution in [3.63, 3.8) is 0 Å². The summed E-state index contributed by atoms with van der Waals surface area (Å²) in [4.78, 5) is 97.2. The van der Waals surface area contributed by atoms with Gasteiger partial charge in [0.2, 0.25) is 0 Å². The number of carbonyl (C=O) groups is 6. The van der Waals surface area contributed by atoms with E-state index in [0.29, 0.717) is 66.8 Å². The van der Waals surface area contributed by atoms with Crippen LogP contribution in [0, 0.1) is 0 Å². The van der Waals surface area contributed by atoms with E-state index in [-0.39, 0.29) is 152 Å². The first-order valence-corrected chi connectivity index (χ1v) is 45.9. The first kappa shape index (κ1) is 109. The minimum absolute atomic E-state index is 0.0762. The predicted molar refractivity (Wildman–Crippen MR) is 505 cm³/mol. The molecule has 12 bridgehead atoms. The Bertz CT molecular complexity index is 3890. The zero-order chi connectivity index (χ0) is 98.0. The van der Waals surface area contributed by atoms with E-state index in [2.05, 4.69) is 0 Å². The van der Waals surface area contributed by atoms with Gasteiger partial charge >= 0.3 is 0 Å². The third-order valence-electron chi connectivity index (χ3n) is 23.5. The Hall–Kier alpha value is -9.54. The molecule has 6 aromatic carbocycles. The smallest absolute Gasteiger partial charge is 0.260 e. The molecule has 1 aliphatic rings. The van der Waals surface area contributed by atoms with Crippen LogP contribution in [0.1, 0.15) is 225 Å². The van der Waals surface area contributed by atoms with Crippen molar-refractivity contribution in [2.75, 3.05) is 197 Å². The highest BCUT2D eigenvalue weighted by molar-refractivity contribution is 5.81. The van der Waals surface area contributed by atoms with Gasteiger partial charge in [0.15, 0.2) is 39.6 Å². The van der Waals surface area contributed by atoms with Crippen LogP contribution in [-0.4, -0.2) is 324 Å². The minimum Gasteiger partial charge on any atom is -0.483 e. The van der Waals surface area contributed by atoms with Crippen molar-refractivity contribution in [1.82, 2.24) is 29.4 Å². The standard InChI is InChI=1S/C102H150N6O24/c1-97(2,3)79-49-67-43-69-51-80(98(4,5)6)53-71(92(69)128-62-86(122)104(21-33-111)22-34-112)45-73-55-82(100(10,11)12)57-75(94(73)130-64-88(124)106(25-37-115)26-38-116)47-77-59-84(102(16,17)18)60-78(96(77)132-66-90(126)108(29-41-119)30-42-120)48-76-58-83(101(13,14)15)56-74(95(76)131-65-89(125)107(27-39-117)28-40-118)46-72-54-81(99(7,8)9)52-70(93(72)129-63-87(123)105(23-35-113)24-36-114)44-68(50-79)91(67)127-61-85(121)103(19-31-109)20-32-110/h49-60,109-120H,19-48,61-66H2,1-18H3. The normalized spacial score (nSPS) is 12.8. The molecule has 132 heavy (non-hydrogen) atoms. The molecule has 732 valence electrons. The number of rotatable bonds is 42. The lowest BCUT2D eigenvalue weighted by atomic mass is 9.79. The van der Waals surface area contributed by atoms with Gasteiger partial charge in [0.05, 0.1) is 79.3 Å². The van der Waals surface area contributed by atoms with Crippen molar-refractivity contribution in [3.8, 4) is 34.5 Å². The maximum absolute atomic E-state index is 14.9.